The Labute approximate surface area is 150 Å². The van der Waals surface area contributed by atoms with E-state index >= 15 is 0 Å². The molecule has 2 aromatic rings. The maximum absolute atomic E-state index is 12.7. The largest absolute Gasteiger partial charge is 0.329 e. The van der Waals surface area contributed by atoms with Gasteiger partial charge in [0.1, 0.15) is 5.82 Å². The molecule has 0 aliphatic carbocycles. The lowest BCUT2D eigenvalue weighted by atomic mass is 10.2. The zero-order valence-electron chi connectivity index (χ0n) is 14.4. The number of amides is 1. The van der Waals surface area contributed by atoms with Crippen LogP contribution in [0.25, 0.3) is 0 Å². The van der Waals surface area contributed by atoms with Gasteiger partial charge in [-0.2, -0.15) is 0 Å². The molecule has 0 bridgehead atoms. The number of carbonyl (C=O) groups excluding carboxylic acids is 1. The van der Waals surface area contributed by atoms with Crippen LogP contribution in [0.5, 0.6) is 0 Å². The van der Waals surface area contributed by atoms with Gasteiger partial charge >= 0.3 is 0 Å². The molecule has 25 heavy (non-hydrogen) atoms. The molecule has 132 valence electrons. The Kier molecular flexibility index (Phi) is 4.43. The molecule has 0 unspecified atom stereocenters. The highest BCUT2D eigenvalue weighted by atomic mass is 32.1. The molecular weight excluding hydrogens is 336 g/mol. The Bertz CT molecular complexity index is 851. The Morgan fingerprint density at radius 3 is 2.72 bits per heavy atom. The second-order valence-corrected chi connectivity index (χ2v) is 7.76. The van der Waals surface area contributed by atoms with Crippen LogP contribution < -0.4 is 5.56 Å². The SMILES string of the molecule is Cc1csc(C(=O)N2CCn3c(nc(CN4CCCC4)cc3=O)C2)c1. The summed E-state index contributed by atoms with van der Waals surface area (Å²) in [5.74, 6) is 0.734. The van der Waals surface area contributed by atoms with Crippen molar-refractivity contribution in [3.63, 3.8) is 0 Å². The van der Waals surface area contributed by atoms with Crippen molar-refractivity contribution in [1.29, 1.82) is 0 Å². The molecule has 4 heterocycles. The van der Waals surface area contributed by atoms with Crippen molar-refractivity contribution in [3.05, 3.63) is 49.8 Å². The molecular formula is C18H22N4O2S. The Morgan fingerprint density at radius 2 is 2.00 bits per heavy atom. The summed E-state index contributed by atoms with van der Waals surface area (Å²) in [5.41, 5.74) is 1.92. The van der Waals surface area contributed by atoms with Crippen LogP contribution in [0, 0.1) is 6.92 Å². The van der Waals surface area contributed by atoms with Crippen LogP contribution in [-0.4, -0.2) is 44.9 Å². The molecule has 1 fully saturated rings. The minimum absolute atomic E-state index is 0.00161. The van der Waals surface area contributed by atoms with Crippen LogP contribution in [0.15, 0.2) is 22.3 Å². The third-order valence-electron chi connectivity index (χ3n) is 4.88. The van der Waals surface area contributed by atoms with Gasteiger partial charge in [-0.05, 0) is 49.9 Å². The average molecular weight is 358 g/mol. The smallest absolute Gasteiger partial charge is 0.264 e. The van der Waals surface area contributed by atoms with Crippen molar-refractivity contribution < 1.29 is 4.79 Å². The van der Waals surface area contributed by atoms with Gasteiger partial charge < -0.3 is 4.90 Å². The molecule has 0 spiro atoms. The van der Waals surface area contributed by atoms with Crippen molar-refractivity contribution in [2.45, 2.75) is 39.4 Å². The van der Waals surface area contributed by atoms with Gasteiger partial charge in [0.15, 0.2) is 0 Å². The van der Waals surface area contributed by atoms with E-state index in [1.807, 2.05) is 18.4 Å². The lowest BCUT2D eigenvalue weighted by molar-refractivity contribution is 0.0708. The standard InChI is InChI=1S/C18H22N4O2S/c1-13-8-15(25-12-13)18(24)21-6-7-22-16(11-21)19-14(9-17(22)23)10-20-4-2-3-5-20/h8-9,12H,2-7,10-11H2,1H3. The summed E-state index contributed by atoms with van der Waals surface area (Å²) in [4.78, 5) is 34.7. The van der Waals surface area contributed by atoms with Gasteiger partial charge in [0.05, 0.1) is 17.1 Å². The van der Waals surface area contributed by atoms with Gasteiger partial charge in [-0.1, -0.05) is 0 Å². The summed E-state index contributed by atoms with van der Waals surface area (Å²) in [7, 11) is 0. The van der Waals surface area contributed by atoms with Gasteiger partial charge in [0.25, 0.3) is 11.5 Å². The first kappa shape index (κ1) is 16.5. The number of carbonyl (C=O) groups is 1. The van der Waals surface area contributed by atoms with Gasteiger partial charge in [-0.15, -0.1) is 11.3 Å². The van der Waals surface area contributed by atoms with E-state index in [0.717, 1.165) is 35.8 Å². The highest BCUT2D eigenvalue weighted by Crippen LogP contribution is 2.19. The first-order chi connectivity index (χ1) is 12.1. The van der Waals surface area contributed by atoms with Crippen LogP contribution in [0.4, 0.5) is 0 Å². The van der Waals surface area contributed by atoms with Crippen molar-refractivity contribution >= 4 is 17.2 Å². The number of thiophene rings is 1. The second-order valence-electron chi connectivity index (χ2n) is 6.85. The molecule has 0 N–H and O–H groups in total. The van der Waals surface area contributed by atoms with Crippen molar-refractivity contribution in [1.82, 2.24) is 19.4 Å². The fourth-order valence-electron chi connectivity index (χ4n) is 3.56. The molecule has 2 aliphatic rings. The first-order valence-electron chi connectivity index (χ1n) is 8.76. The molecule has 0 aromatic carbocycles. The van der Waals surface area contributed by atoms with Crippen molar-refractivity contribution in [2.75, 3.05) is 19.6 Å². The summed E-state index contributed by atoms with van der Waals surface area (Å²) in [6.07, 6.45) is 2.43. The number of aryl methyl sites for hydroxylation is 1. The highest BCUT2D eigenvalue weighted by molar-refractivity contribution is 7.12. The van der Waals surface area contributed by atoms with Crippen molar-refractivity contribution in [3.8, 4) is 0 Å². The Hall–Kier alpha value is -1.99. The van der Waals surface area contributed by atoms with E-state index in [4.69, 9.17) is 4.98 Å². The lowest BCUT2D eigenvalue weighted by Crippen LogP contribution is -2.43. The average Bonchev–Trinajstić information content (AvgIpc) is 3.25. The molecule has 0 saturated carbocycles. The van der Waals surface area contributed by atoms with Crippen molar-refractivity contribution in [2.24, 2.45) is 0 Å². The van der Waals surface area contributed by atoms with Crippen LogP contribution >= 0.6 is 11.3 Å². The first-order valence-corrected chi connectivity index (χ1v) is 9.64. The molecule has 7 heteroatoms. The predicted molar refractivity (Wildman–Crippen MR) is 96.8 cm³/mol. The predicted octanol–water partition coefficient (Wildman–Crippen LogP) is 1.87. The molecule has 0 radical (unpaired) electrons. The van der Waals surface area contributed by atoms with Gasteiger partial charge in [-0.25, -0.2) is 4.98 Å². The summed E-state index contributed by atoms with van der Waals surface area (Å²) in [6.45, 7) is 6.33. The lowest BCUT2D eigenvalue weighted by Gasteiger charge is -2.29. The zero-order valence-corrected chi connectivity index (χ0v) is 15.2. The van der Waals surface area contributed by atoms with Crippen LogP contribution in [0.3, 0.4) is 0 Å². The third-order valence-corrected chi connectivity index (χ3v) is 5.92. The van der Waals surface area contributed by atoms with E-state index in [0.29, 0.717) is 25.5 Å². The quantitative estimate of drug-likeness (QED) is 0.840. The van der Waals surface area contributed by atoms with Crippen LogP contribution in [0.1, 0.15) is 39.6 Å². The molecule has 4 rings (SSSR count). The number of rotatable bonds is 3. The minimum atomic E-state index is -0.00161. The number of hydrogen-bond donors (Lipinski definition) is 0. The van der Waals surface area contributed by atoms with E-state index in [1.54, 1.807) is 15.5 Å². The van der Waals surface area contributed by atoms with Crippen LogP contribution in [0.2, 0.25) is 0 Å². The summed E-state index contributed by atoms with van der Waals surface area (Å²) < 4.78 is 1.71. The van der Waals surface area contributed by atoms with Gasteiger partial charge in [0, 0.05) is 25.7 Å². The molecule has 1 saturated heterocycles. The normalized spacial score (nSPS) is 17.7. The minimum Gasteiger partial charge on any atom is -0.329 e. The molecule has 1 amide bonds. The zero-order chi connectivity index (χ0) is 17.4. The summed E-state index contributed by atoms with van der Waals surface area (Å²) >= 11 is 1.47. The summed E-state index contributed by atoms with van der Waals surface area (Å²) in [6, 6.07) is 3.58. The Morgan fingerprint density at radius 1 is 1.20 bits per heavy atom. The number of aromatic nitrogens is 2. The molecule has 2 aliphatic heterocycles. The van der Waals surface area contributed by atoms with Gasteiger partial charge in [0.2, 0.25) is 0 Å². The van der Waals surface area contributed by atoms with Crippen LogP contribution in [-0.2, 0) is 19.6 Å². The fraction of sp³-hybridized carbons (Fsp3) is 0.500. The topological polar surface area (TPSA) is 58.4 Å². The van der Waals surface area contributed by atoms with E-state index < -0.39 is 0 Å². The summed E-state index contributed by atoms with van der Waals surface area (Å²) in [5, 5.41) is 1.99. The molecule has 0 atom stereocenters. The second kappa shape index (κ2) is 6.72. The van der Waals surface area contributed by atoms with E-state index in [1.165, 1.54) is 24.2 Å². The number of fused-ring (bicyclic) bond motifs is 1. The van der Waals surface area contributed by atoms with E-state index in [-0.39, 0.29) is 11.5 Å². The molecule has 6 nitrogen and oxygen atoms in total. The van der Waals surface area contributed by atoms with Gasteiger partial charge in [-0.3, -0.25) is 19.1 Å². The highest BCUT2D eigenvalue weighted by Gasteiger charge is 2.25. The third kappa shape index (κ3) is 3.39. The maximum Gasteiger partial charge on any atom is 0.264 e. The number of nitrogens with zero attached hydrogens (tertiary/aromatic N) is 4. The fourth-order valence-corrected chi connectivity index (χ4v) is 4.42. The van der Waals surface area contributed by atoms with E-state index in [9.17, 15) is 9.59 Å². The van der Waals surface area contributed by atoms with E-state index in [2.05, 4.69) is 4.90 Å². The molecule has 2 aromatic heterocycles. The maximum atomic E-state index is 12.7. The monoisotopic (exact) mass is 358 g/mol. The number of likely N-dealkylation sites (tertiary alicyclic amines) is 1. The number of hydrogen-bond acceptors (Lipinski definition) is 5. The Balaban J connectivity index is 1.55.